The van der Waals surface area contributed by atoms with E-state index in [9.17, 15) is 9.59 Å². The summed E-state index contributed by atoms with van der Waals surface area (Å²) in [6, 6.07) is 2.85. The number of hydrogen-bond donors (Lipinski definition) is 0. The summed E-state index contributed by atoms with van der Waals surface area (Å²) in [5.74, 6) is -0.971. The Kier molecular flexibility index (Phi) is 10.2. The molecule has 1 aromatic carbocycles. The zero-order chi connectivity index (χ0) is 18.8. The average Bonchev–Trinajstić information content (AvgIpc) is 2.54. The van der Waals surface area contributed by atoms with Gasteiger partial charge < -0.3 is 9.47 Å². The SMILES string of the molecule is CCCCC(CCC)OC(=O)CCC(=O)Oc1c(Cl)cc(Cl)cc1Cl. The number of ether oxygens (including phenoxy) is 2. The van der Waals surface area contributed by atoms with Gasteiger partial charge in [-0.05, 0) is 25.0 Å². The Hall–Kier alpha value is -0.970. The first-order chi connectivity index (χ1) is 11.9. The number of benzene rings is 1. The van der Waals surface area contributed by atoms with Crippen LogP contribution < -0.4 is 4.74 Å². The van der Waals surface area contributed by atoms with Crippen LogP contribution in [0.1, 0.15) is 58.8 Å². The molecule has 0 N–H and O–H groups in total. The predicted octanol–water partition coefficient (Wildman–Crippen LogP) is 6.23. The molecule has 1 unspecified atom stereocenters. The van der Waals surface area contributed by atoms with Gasteiger partial charge >= 0.3 is 11.9 Å². The fourth-order valence-corrected chi connectivity index (χ4v) is 3.15. The van der Waals surface area contributed by atoms with Crippen molar-refractivity contribution in [1.29, 1.82) is 0 Å². The number of carbonyl (C=O) groups is 2. The molecule has 0 bridgehead atoms. The minimum absolute atomic E-state index is 0.0397. The van der Waals surface area contributed by atoms with Crippen molar-refractivity contribution in [3.05, 3.63) is 27.2 Å². The van der Waals surface area contributed by atoms with Crippen molar-refractivity contribution in [2.45, 2.75) is 64.9 Å². The van der Waals surface area contributed by atoms with Crippen LogP contribution in [0.2, 0.25) is 15.1 Å². The Labute approximate surface area is 163 Å². The highest BCUT2D eigenvalue weighted by Crippen LogP contribution is 2.36. The molecular weight excluding hydrogens is 387 g/mol. The van der Waals surface area contributed by atoms with Crippen LogP contribution in [0.5, 0.6) is 5.75 Å². The van der Waals surface area contributed by atoms with Crippen molar-refractivity contribution in [3.8, 4) is 5.75 Å². The maximum atomic E-state index is 11.9. The molecule has 1 rings (SSSR count). The van der Waals surface area contributed by atoms with Gasteiger partial charge in [0.15, 0.2) is 5.75 Å². The molecule has 0 aromatic heterocycles. The van der Waals surface area contributed by atoms with Crippen molar-refractivity contribution in [2.24, 2.45) is 0 Å². The summed E-state index contributed by atoms with van der Waals surface area (Å²) in [6.45, 7) is 4.14. The topological polar surface area (TPSA) is 52.6 Å². The van der Waals surface area contributed by atoms with Crippen LogP contribution >= 0.6 is 34.8 Å². The molecule has 4 nitrogen and oxygen atoms in total. The number of carbonyl (C=O) groups excluding carboxylic acids is 2. The van der Waals surface area contributed by atoms with Crippen LogP contribution in [0.3, 0.4) is 0 Å². The van der Waals surface area contributed by atoms with Gasteiger partial charge in [-0.15, -0.1) is 0 Å². The molecule has 0 fully saturated rings. The van der Waals surface area contributed by atoms with E-state index >= 15 is 0 Å². The van der Waals surface area contributed by atoms with Gasteiger partial charge in [-0.2, -0.15) is 0 Å². The molecule has 0 aliphatic rings. The van der Waals surface area contributed by atoms with E-state index in [1.807, 2.05) is 6.92 Å². The lowest BCUT2D eigenvalue weighted by Crippen LogP contribution is -2.19. The Morgan fingerprint density at radius 3 is 2.12 bits per heavy atom. The van der Waals surface area contributed by atoms with E-state index in [-0.39, 0.29) is 34.7 Å². The lowest BCUT2D eigenvalue weighted by molar-refractivity contribution is -0.152. The summed E-state index contributed by atoms with van der Waals surface area (Å²) in [5, 5.41) is 0.611. The van der Waals surface area contributed by atoms with E-state index in [4.69, 9.17) is 44.3 Å². The van der Waals surface area contributed by atoms with Crippen molar-refractivity contribution in [3.63, 3.8) is 0 Å². The average molecular weight is 410 g/mol. The molecule has 0 saturated heterocycles. The minimum Gasteiger partial charge on any atom is -0.462 e. The smallest absolute Gasteiger partial charge is 0.311 e. The number of unbranched alkanes of at least 4 members (excludes halogenated alkanes) is 1. The lowest BCUT2D eigenvalue weighted by atomic mass is 10.1. The maximum absolute atomic E-state index is 11.9. The standard InChI is InChI=1S/C18H23Cl3O4/c1-3-5-7-13(6-4-2)24-16(22)8-9-17(23)25-18-14(20)10-12(19)11-15(18)21/h10-11,13H,3-9H2,1-2H3. The molecule has 0 radical (unpaired) electrons. The fourth-order valence-electron chi connectivity index (χ4n) is 2.26. The highest BCUT2D eigenvalue weighted by molar-refractivity contribution is 6.40. The highest BCUT2D eigenvalue weighted by Gasteiger charge is 2.17. The summed E-state index contributed by atoms with van der Waals surface area (Å²) < 4.78 is 10.6. The van der Waals surface area contributed by atoms with Gasteiger partial charge in [0.05, 0.1) is 22.9 Å². The quantitative estimate of drug-likeness (QED) is 0.339. The first-order valence-corrected chi connectivity index (χ1v) is 9.55. The minimum atomic E-state index is -0.608. The van der Waals surface area contributed by atoms with Gasteiger partial charge in [0, 0.05) is 5.02 Å². The summed E-state index contributed by atoms with van der Waals surface area (Å²) in [7, 11) is 0. The Morgan fingerprint density at radius 1 is 0.960 bits per heavy atom. The van der Waals surface area contributed by atoms with E-state index in [1.165, 1.54) is 12.1 Å². The molecule has 140 valence electrons. The Balaban J connectivity index is 2.49. The molecule has 0 spiro atoms. The van der Waals surface area contributed by atoms with Gasteiger partial charge in [0.25, 0.3) is 0 Å². The maximum Gasteiger partial charge on any atom is 0.311 e. The molecular formula is C18H23Cl3O4. The van der Waals surface area contributed by atoms with Gasteiger partial charge in [-0.25, -0.2) is 0 Å². The zero-order valence-corrected chi connectivity index (χ0v) is 16.7. The summed E-state index contributed by atoms with van der Waals surface area (Å²) in [6.07, 6.45) is 4.42. The summed E-state index contributed by atoms with van der Waals surface area (Å²) in [4.78, 5) is 23.8. The van der Waals surface area contributed by atoms with Gasteiger partial charge in [0.1, 0.15) is 6.10 Å². The molecule has 1 atom stereocenters. The summed E-state index contributed by atoms with van der Waals surface area (Å²) >= 11 is 17.7. The first kappa shape index (κ1) is 22.1. The number of halogens is 3. The Bertz CT molecular complexity index is 567. The summed E-state index contributed by atoms with van der Waals surface area (Å²) in [5.41, 5.74) is 0. The van der Waals surface area contributed by atoms with Crippen molar-refractivity contribution < 1.29 is 19.1 Å². The van der Waals surface area contributed by atoms with E-state index in [0.29, 0.717) is 5.02 Å². The second-order valence-corrected chi connectivity index (χ2v) is 6.97. The molecule has 0 amide bonds. The molecule has 25 heavy (non-hydrogen) atoms. The van der Waals surface area contributed by atoms with E-state index in [1.54, 1.807) is 0 Å². The predicted molar refractivity (Wildman–Crippen MR) is 101 cm³/mol. The van der Waals surface area contributed by atoms with Crippen LogP contribution in [0.15, 0.2) is 12.1 Å². The first-order valence-electron chi connectivity index (χ1n) is 8.42. The highest BCUT2D eigenvalue weighted by atomic mass is 35.5. The van der Waals surface area contributed by atoms with E-state index < -0.39 is 11.9 Å². The third-order valence-electron chi connectivity index (χ3n) is 3.50. The monoisotopic (exact) mass is 408 g/mol. The van der Waals surface area contributed by atoms with Crippen LogP contribution in [0.25, 0.3) is 0 Å². The van der Waals surface area contributed by atoms with Crippen LogP contribution in [0, 0.1) is 0 Å². The van der Waals surface area contributed by atoms with Gasteiger partial charge in [-0.3, -0.25) is 9.59 Å². The van der Waals surface area contributed by atoms with E-state index in [0.717, 1.165) is 32.1 Å². The molecule has 0 heterocycles. The van der Waals surface area contributed by atoms with Gasteiger partial charge in [-0.1, -0.05) is 67.9 Å². The molecule has 0 saturated carbocycles. The third kappa shape index (κ3) is 8.30. The zero-order valence-electron chi connectivity index (χ0n) is 14.4. The number of esters is 2. The third-order valence-corrected chi connectivity index (χ3v) is 4.28. The molecule has 7 heteroatoms. The fraction of sp³-hybridized carbons (Fsp3) is 0.556. The van der Waals surface area contributed by atoms with Crippen LogP contribution in [0.4, 0.5) is 0 Å². The molecule has 0 aliphatic carbocycles. The molecule has 0 aliphatic heterocycles. The van der Waals surface area contributed by atoms with Crippen LogP contribution in [-0.2, 0) is 14.3 Å². The number of rotatable bonds is 10. The van der Waals surface area contributed by atoms with Crippen molar-refractivity contribution in [1.82, 2.24) is 0 Å². The van der Waals surface area contributed by atoms with Crippen LogP contribution in [-0.4, -0.2) is 18.0 Å². The number of hydrogen-bond acceptors (Lipinski definition) is 4. The second-order valence-electron chi connectivity index (χ2n) is 5.72. The molecule has 1 aromatic rings. The second kappa shape index (κ2) is 11.6. The lowest BCUT2D eigenvalue weighted by Gasteiger charge is -2.17. The Morgan fingerprint density at radius 2 is 1.56 bits per heavy atom. The van der Waals surface area contributed by atoms with Gasteiger partial charge in [0.2, 0.25) is 0 Å². The largest absolute Gasteiger partial charge is 0.462 e. The normalized spacial score (nSPS) is 11.9. The van der Waals surface area contributed by atoms with E-state index in [2.05, 4.69) is 6.92 Å². The van der Waals surface area contributed by atoms with Crippen molar-refractivity contribution >= 4 is 46.7 Å². The van der Waals surface area contributed by atoms with Crippen molar-refractivity contribution in [2.75, 3.05) is 0 Å².